The molecule has 40 heavy (non-hydrogen) atoms. The number of aliphatic hydroxyl groups is 1. The molecular formula is C36H70O2Si2. The molecule has 1 aromatic rings. The normalized spacial score (nSPS) is 15.2. The molecule has 0 aliphatic rings. The van der Waals surface area contributed by atoms with Crippen LogP contribution in [0.2, 0.25) is 36.8 Å². The van der Waals surface area contributed by atoms with E-state index in [0.717, 1.165) is 25.9 Å². The maximum Gasteiger partial charge on any atom is 0.191 e. The minimum Gasteiger partial charge on any atom is -0.417 e. The van der Waals surface area contributed by atoms with E-state index >= 15 is 0 Å². The lowest BCUT2D eigenvalue weighted by Crippen LogP contribution is -2.51. The van der Waals surface area contributed by atoms with Crippen LogP contribution in [-0.2, 0) is 4.43 Å². The van der Waals surface area contributed by atoms with E-state index in [9.17, 15) is 5.11 Å². The van der Waals surface area contributed by atoms with Crippen LogP contribution in [0.3, 0.4) is 0 Å². The molecule has 0 aliphatic heterocycles. The summed E-state index contributed by atoms with van der Waals surface area (Å²) in [6, 6.07) is 11.3. The van der Waals surface area contributed by atoms with Gasteiger partial charge in [-0.1, -0.05) is 167 Å². The fourth-order valence-electron chi connectivity index (χ4n) is 6.03. The van der Waals surface area contributed by atoms with E-state index in [4.69, 9.17) is 4.43 Å². The lowest BCUT2D eigenvalue weighted by molar-refractivity contribution is 0.127. The second kappa shape index (κ2) is 19.7. The van der Waals surface area contributed by atoms with Gasteiger partial charge in [-0.3, -0.25) is 0 Å². The van der Waals surface area contributed by atoms with Crippen LogP contribution in [-0.4, -0.2) is 34.2 Å². The third kappa shape index (κ3) is 14.2. The maximum atomic E-state index is 11.4. The van der Waals surface area contributed by atoms with Crippen molar-refractivity contribution in [2.24, 2.45) is 5.92 Å². The van der Waals surface area contributed by atoms with Gasteiger partial charge >= 0.3 is 0 Å². The minimum absolute atomic E-state index is 0.198. The second-order valence-electron chi connectivity index (χ2n) is 14.9. The Labute approximate surface area is 253 Å². The lowest BCUT2D eigenvalue weighted by atomic mass is 9.93. The first-order valence-corrected chi connectivity index (χ1v) is 23.2. The standard InChI is InChI=1S/C36H70O2Si2/c1-10-12-14-16-17-18-19-20-23-27-33(37)30-35(39(6,7)34-28-24-21-25-29-34)32(26-22-15-13-11-2)31-38-40(8,9)36(3,4)5/h21,24-25,28-29,32-33,35,37H,10-20,22-23,26-27,30-31H2,1-9H3/t32-,33+,35+/m1/s1. The first-order chi connectivity index (χ1) is 18.9. The molecule has 0 radical (unpaired) electrons. The molecule has 4 heteroatoms. The summed E-state index contributed by atoms with van der Waals surface area (Å²) in [7, 11) is -3.68. The molecule has 0 fully saturated rings. The van der Waals surface area contributed by atoms with Crippen molar-refractivity contribution in [3.63, 3.8) is 0 Å². The van der Waals surface area contributed by atoms with Crippen molar-refractivity contribution >= 4 is 21.6 Å². The number of hydrogen-bond donors (Lipinski definition) is 1. The summed E-state index contributed by atoms with van der Waals surface area (Å²) >= 11 is 0. The average molecular weight is 591 g/mol. The number of hydrogen-bond acceptors (Lipinski definition) is 2. The minimum atomic E-state index is -1.85. The van der Waals surface area contributed by atoms with Gasteiger partial charge in [0.2, 0.25) is 0 Å². The first-order valence-electron chi connectivity index (χ1n) is 17.2. The van der Waals surface area contributed by atoms with Crippen LogP contribution in [0.15, 0.2) is 30.3 Å². The first kappa shape index (κ1) is 37.6. The van der Waals surface area contributed by atoms with Crippen molar-refractivity contribution < 1.29 is 9.53 Å². The molecule has 234 valence electrons. The highest BCUT2D eigenvalue weighted by molar-refractivity contribution is 6.91. The van der Waals surface area contributed by atoms with Gasteiger partial charge in [0, 0.05) is 6.61 Å². The fraction of sp³-hybridized carbons (Fsp3) is 0.833. The Morgan fingerprint density at radius 2 is 1.18 bits per heavy atom. The highest BCUT2D eigenvalue weighted by Crippen LogP contribution is 2.41. The van der Waals surface area contributed by atoms with Gasteiger partial charge in [0.25, 0.3) is 0 Å². The monoisotopic (exact) mass is 590 g/mol. The quantitative estimate of drug-likeness (QED) is 0.101. The molecule has 0 unspecified atom stereocenters. The Morgan fingerprint density at radius 1 is 0.700 bits per heavy atom. The third-order valence-electron chi connectivity index (χ3n) is 10.1. The van der Waals surface area contributed by atoms with E-state index in [1.165, 1.54) is 88.7 Å². The summed E-state index contributed by atoms with van der Waals surface area (Å²) in [6.45, 7) is 22.4. The van der Waals surface area contributed by atoms with Crippen LogP contribution in [0.1, 0.15) is 137 Å². The van der Waals surface area contributed by atoms with Crippen LogP contribution in [0.4, 0.5) is 0 Å². The van der Waals surface area contributed by atoms with Gasteiger partial charge in [-0.15, -0.1) is 0 Å². The van der Waals surface area contributed by atoms with Crippen molar-refractivity contribution in [2.75, 3.05) is 6.61 Å². The van der Waals surface area contributed by atoms with E-state index < -0.39 is 16.4 Å². The summed E-state index contributed by atoms with van der Waals surface area (Å²) in [5.74, 6) is 0.519. The molecule has 3 atom stereocenters. The Balaban J connectivity index is 2.98. The Hall–Kier alpha value is -0.426. The van der Waals surface area contributed by atoms with Crippen molar-refractivity contribution in [3.8, 4) is 0 Å². The highest BCUT2D eigenvalue weighted by Gasteiger charge is 2.42. The van der Waals surface area contributed by atoms with Crippen molar-refractivity contribution in [1.82, 2.24) is 0 Å². The summed E-state index contributed by atoms with van der Waals surface area (Å²) in [4.78, 5) is 0. The van der Waals surface area contributed by atoms with Crippen LogP contribution < -0.4 is 5.19 Å². The number of rotatable bonds is 23. The molecule has 0 saturated carbocycles. The molecule has 0 spiro atoms. The van der Waals surface area contributed by atoms with E-state index in [-0.39, 0.29) is 11.1 Å². The molecule has 0 heterocycles. The summed E-state index contributed by atoms with van der Waals surface area (Å²) in [5, 5.41) is 13.2. The summed E-state index contributed by atoms with van der Waals surface area (Å²) in [5.41, 5.74) is 0.523. The van der Waals surface area contributed by atoms with Crippen LogP contribution >= 0.6 is 0 Å². The predicted molar refractivity (Wildman–Crippen MR) is 185 cm³/mol. The van der Waals surface area contributed by atoms with Crippen LogP contribution in [0.25, 0.3) is 0 Å². The Kier molecular flexibility index (Phi) is 18.5. The third-order valence-corrected chi connectivity index (χ3v) is 19.0. The molecule has 1 N–H and O–H groups in total. The maximum absolute atomic E-state index is 11.4. The van der Waals surface area contributed by atoms with Crippen LogP contribution in [0.5, 0.6) is 0 Å². The highest BCUT2D eigenvalue weighted by atomic mass is 28.4. The topological polar surface area (TPSA) is 29.5 Å². The number of aliphatic hydroxyl groups excluding tert-OH is 1. The zero-order chi connectivity index (χ0) is 30.1. The molecule has 1 aromatic carbocycles. The molecule has 1 rings (SSSR count). The second-order valence-corrected chi connectivity index (χ2v) is 24.5. The number of benzene rings is 1. The van der Waals surface area contributed by atoms with Gasteiger partial charge in [0.15, 0.2) is 8.32 Å². The molecule has 2 nitrogen and oxygen atoms in total. The van der Waals surface area contributed by atoms with E-state index in [2.05, 4.69) is 91.1 Å². The van der Waals surface area contributed by atoms with Gasteiger partial charge in [-0.2, -0.15) is 0 Å². The fourth-order valence-corrected chi connectivity index (χ4v) is 10.9. The lowest BCUT2D eigenvalue weighted by Gasteiger charge is -2.43. The molecular weight excluding hydrogens is 521 g/mol. The van der Waals surface area contributed by atoms with Crippen molar-refractivity contribution in [3.05, 3.63) is 30.3 Å². The predicted octanol–water partition coefficient (Wildman–Crippen LogP) is 11.3. The van der Waals surface area contributed by atoms with Crippen molar-refractivity contribution in [1.29, 1.82) is 0 Å². The van der Waals surface area contributed by atoms with E-state index in [1.54, 1.807) is 0 Å². The van der Waals surface area contributed by atoms with Crippen molar-refractivity contribution in [2.45, 2.75) is 180 Å². The molecule has 0 amide bonds. The van der Waals surface area contributed by atoms with Gasteiger partial charge < -0.3 is 9.53 Å². The van der Waals surface area contributed by atoms with Crippen LogP contribution in [0, 0.1) is 5.92 Å². The van der Waals surface area contributed by atoms with Gasteiger partial charge in [-0.05, 0) is 48.9 Å². The molecule has 0 saturated heterocycles. The largest absolute Gasteiger partial charge is 0.417 e. The van der Waals surface area contributed by atoms with E-state index in [1.807, 2.05) is 0 Å². The average Bonchev–Trinajstić information content (AvgIpc) is 2.90. The van der Waals surface area contributed by atoms with E-state index in [0.29, 0.717) is 11.5 Å². The SMILES string of the molecule is CCCCCCCCCCC[C@H](O)C[C@@H]([C@H](CCCCCC)CO[Si](C)(C)C(C)(C)C)[Si](C)(C)c1ccccc1. The molecule has 0 aliphatic carbocycles. The van der Waals surface area contributed by atoms with Gasteiger partial charge in [0.1, 0.15) is 0 Å². The zero-order valence-corrected chi connectivity index (χ0v) is 30.5. The molecule has 0 aromatic heterocycles. The Morgan fingerprint density at radius 3 is 1.70 bits per heavy atom. The zero-order valence-electron chi connectivity index (χ0n) is 28.5. The summed E-state index contributed by atoms with van der Waals surface area (Å²) < 4.78 is 6.95. The number of unbranched alkanes of at least 4 members (excludes halogenated alkanes) is 11. The summed E-state index contributed by atoms with van der Waals surface area (Å²) in [6.07, 6.45) is 20.1. The Bertz CT molecular complexity index is 741. The molecule has 0 bridgehead atoms. The van der Waals surface area contributed by atoms with Gasteiger partial charge in [0.05, 0.1) is 14.2 Å². The van der Waals surface area contributed by atoms with Gasteiger partial charge in [-0.25, -0.2) is 0 Å². The smallest absolute Gasteiger partial charge is 0.191 e.